The molecule has 1 amide bonds. The standard InChI is InChI=1S/C35H40N8O/c1-40-15-19-42(20-16-40)14-13-25-7-10-28(11-8-25)36-35(44)27-9-12-31-32(24-27)38-33(37-31)29-23-26-5-3-4-6-30(26)39-34(29)43-21-17-41(2)18-22-43/h3-12,23-24H,13-22H2,1-2H3,(H,36,44)(H,37,38). The maximum atomic E-state index is 13.2. The number of imidazole rings is 1. The summed E-state index contributed by atoms with van der Waals surface area (Å²) in [5, 5.41) is 4.14. The monoisotopic (exact) mass is 588 g/mol. The summed E-state index contributed by atoms with van der Waals surface area (Å²) in [6, 6.07) is 24.3. The summed E-state index contributed by atoms with van der Waals surface area (Å²) in [4.78, 5) is 36.4. The van der Waals surface area contributed by atoms with E-state index >= 15 is 0 Å². The molecule has 7 rings (SSSR count). The lowest BCUT2D eigenvalue weighted by Gasteiger charge is -2.34. The molecule has 4 heterocycles. The first-order valence-electron chi connectivity index (χ1n) is 15.6. The Morgan fingerprint density at radius 3 is 2.30 bits per heavy atom. The van der Waals surface area contributed by atoms with Gasteiger partial charge in [0.1, 0.15) is 11.6 Å². The van der Waals surface area contributed by atoms with Gasteiger partial charge in [-0.3, -0.25) is 4.79 Å². The van der Waals surface area contributed by atoms with Crippen molar-refractivity contribution in [2.75, 3.05) is 83.2 Å². The number of anilines is 2. The highest BCUT2D eigenvalue weighted by Crippen LogP contribution is 2.33. The summed E-state index contributed by atoms with van der Waals surface area (Å²) in [6.07, 6.45) is 1.01. The van der Waals surface area contributed by atoms with Gasteiger partial charge in [-0.1, -0.05) is 30.3 Å². The molecule has 2 saturated heterocycles. The van der Waals surface area contributed by atoms with E-state index in [2.05, 4.69) is 74.3 Å². The van der Waals surface area contributed by atoms with E-state index in [0.717, 1.165) is 110 Å². The number of amides is 1. The van der Waals surface area contributed by atoms with Crippen molar-refractivity contribution in [3.63, 3.8) is 0 Å². The summed E-state index contributed by atoms with van der Waals surface area (Å²) in [7, 11) is 4.34. The Balaban J connectivity index is 1.08. The molecule has 0 radical (unpaired) electrons. The van der Waals surface area contributed by atoms with E-state index in [1.165, 1.54) is 5.56 Å². The average Bonchev–Trinajstić information content (AvgIpc) is 3.48. The highest BCUT2D eigenvalue weighted by molar-refractivity contribution is 6.06. The van der Waals surface area contributed by atoms with Crippen LogP contribution in [0.4, 0.5) is 11.5 Å². The van der Waals surface area contributed by atoms with Crippen LogP contribution in [-0.2, 0) is 6.42 Å². The van der Waals surface area contributed by atoms with Gasteiger partial charge in [0.05, 0.1) is 22.1 Å². The number of benzene rings is 3. The van der Waals surface area contributed by atoms with E-state index in [-0.39, 0.29) is 5.91 Å². The van der Waals surface area contributed by atoms with Gasteiger partial charge in [-0.2, -0.15) is 0 Å². The number of hydrogen-bond acceptors (Lipinski definition) is 7. The van der Waals surface area contributed by atoms with Crippen LogP contribution in [0.5, 0.6) is 0 Å². The molecule has 226 valence electrons. The Kier molecular flexibility index (Phi) is 7.99. The first-order valence-corrected chi connectivity index (χ1v) is 15.6. The smallest absolute Gasteiger partial charge is 0.255 e. The Morgan fingerprint density at radius 2 is 1.52 bits per heavy atom. The maximum absolute atomic E-state index is 13.2. The third-order valence-corrected chi connectivity index (χ3v) is 9.03. The second-order valence-electron chi connectivity index (χ2n) is 12.2. The van der Waals surface area contributed by atoms with Crippen molar-refractivity contribution in [3.05, 3.63) is 83.9 Å². The van der Waals surface area contributed by atoms with Gasteiger partial charge in [-0.05, 0) is 68.5 Å². The molecule has 2 fully saturated rings. The third kappa shape index (κ3) is 6.17. The molecule has 44 heavy (non-hydrogen) atoms. The van der Waals surface area contributed by atoms with E-state index in [1.54, 1.807) is 0 Å². The molecule has 0 spiro atoms. The van der Waals surface area contributed by atoms with Crippen molar-refractivity contribution in [2.45, 2.75) is 6.42 Å². The maximum Gasteiger partial charge on any atom is 0.255 e. The largest absolute Gasteiger partial charge is 0.353 e. The first kappa shape index (κ1) is 28.5. The Morgan fingerprint density at radius 1 is 0.795 bits per heavy atom. The molecule has 0 atom stereocenters. The summed E-state index contributed by atoms with van der Waals surface area (Å²) in [5.74, 6) is 1.57. The van der Waals surface area contributed by atoms with Crippen LogP contribution in [0.3, 0.4) is 0 Å². The number of carbonyl (C=O) groups is 1. The topological polar surface area (TPSA) is 83.6 Å². The van der Waals surface area contributed by atoms with Crippen molar-refractivity contribution in [2.24, 2.45) is 0 Å². The second-order valence-corrected chi connectivity index (χ2v) is 12.2. The Hall–Kier alpha value is -4.31. The van der Waals surface area contributed by atoms with Crippen molar-refractivity contribution in [1.82, 2.24) is 29.7 Å². The molecule has 0 unspecified atom stereocenters. The SMILES string of the molecule is CN1CCN(CCc2ccc(NC(=O)c3ccc4nc(-c5cc6ccccc6nc5N5CCN(C)CC5)[nH]c4c3)cc2)CC1. The normalized spacial score (nSPS) is 17.0. The molecule has 5 aromatic rings. The van der Waals surface area contributed by atoms with Gasteiger partial charge in [-0.25, -0.2) is 9.97 Å². The minimum absolute atomic E-state index is 0.140. The number of para-hydroxylation sites is 1. The zero-order valence-corrected chi connectivity index (χ0v) is 25.6. The first-order chi connectivity index (χ1) is 21.5. The van der Waals surface area contributed by atoms with Crippen LogP contribution >= 0.6 is 0 Å². The van der Waals surface area contributed by atoms with Crippen LogP contribution < -0.4 is 10.2 Å². The van der Waals surface area contributed by atoms with Crippen LogP contribution in [0.1, 0.15) is 15.9 Å². The molecule has 0 saturated carbocycles. The zero-order chi connectivity index (χ0) is 30.0. The Labute approximate surface area is 258 Å². The van der Waals surface area contributed by atoms with Gasteiger partial charge in [0.25, 0.3) is 5.91 Å². The lowest BCUT2D eigenvalue weighted by Crippen LogP contribution is -2.45. The summed E-state index contributed by atoms with van der Waals surface area (Å²) < 4.78 is 0. The molecule has 2 aliphatic rings. The van der Waals surface area contributed by atoms with E-state index in [1.807, 2.05) is 42.5 Å². The predicted octanol–water partition coefficient (Wildman–Crippen LogP) is 4.57. The van der Waals surface area contributed by atoms with Crippen LogP contribution in [0.25, 0.3) is 33.3 Å². The van der Waals surface area contributed by atoms with E-state index in [4.69, 9.17) is 9.97 Å². The number of aromatic nitrogens is 3. The molecule has 3 aromatic carbocycles. The van der Waals surface area contributed by atoms with Gasteiger partial charge < -0.3 is 29.9 Å². The molecule has 2 aromatic heterocycles. The summed E-state index contributed by atoms with van der Waals surface area (Å²) in [5.41, 5.74) is 6.26. The fourth-order valence-corrected chi connectivity index (χ4v) is 6.13. The molecule has 2 N–H and O–H groups in total. The molecular weight excluding hydrogens is 548 g/mol. The fourth-order valence-electron chi connectivity index (χ4n) is 6.13. The number of hydrogen-bond donors (Lipinski definition) is 2. The van der Waals surface area contributed by atoms with Crippen molar-refractivity contribution in [1.29, 1.82) is 0 Å². The number of aromatic amines is 1. The minimum atomic E-state index is -0.140. The molecular formula is C35H40N8O. The van der Waals surface area contributed by atoms with Crippen LogP contribution in [0.15, 0.2) is 72.8 Å². The number of piperazine rings is 2. The molecule has 2 aliphatic heterocycles. The summed E-state index contributed by atoms with van der Waals surface area (Å²) >= 11 is 0. The second kappa shape index (κ2) is 12.4. The molecule has 0 aliphatic carbocycles. The number of pyridine rings is 1. The fraction of sp³-hybridized carbons (Fsp3) is 0.343. The number of fused-ring (bicyclic) bond motifs is 2. The van der Waals surface area contributed by atoms with Gasteiger partial charge in [0.2, 0.25) is 0 Å². The predicted molar refractivity (Wildman–Crippen MR) is 179 cm³/mol. The van der Waals surface area contributed by atoms with Crippen molar-refractivity contribution >= 4 is 39.3 Å². The molecule has 9 heteroatoms. The highest BCUT2D eigenvalue weighted by Gasteiger charge is 2.22. The number of nitrogens with zero attached hydrogens (tertiary/aromatic N) is 6. The number of carbonyl (C=O) groups excluding carboxylic acids is 1. The number of rotatable bonds is 7. The van der Waals surface area contributed by atoms with E-state index in [9.17, 15) is 4.79 Å². The van der Waals surface area contributed by atoms with E-state index in [0.29, 0.717) is 5.56 Å². The highest BCUT2D eigenvalue weighted by atomic mass is 16.1. The molecule has 0 bridgehead atoms. The zero-order valence-electron chi connectivity index (χ0n) is 25.6. The van der Waals surface area contributed by atoms with Crippen LogP contribution in [-0.4, -0.2) is 109 Å². The van der Waals surface area contributed by atoms with Crippen molar-refractivity contribution < 1.29 is 4.79 Å². The van der Waals surface area contributed by atoms with Crippen molar-refractivity contribution in [3.8, 4) is 11.4 Å². The quantitative estimate of drug-likeness (QED) is 0.288. The van der Waals surface area contributed by atoms with E-state index < -0.39 is 0 Å². The van der Waals surface area contributed by atoms with Gasteiger partial charge >= 0.3 is 0 Å². The van der Waals surface area contributed by atoms with Gasteiger partial charge in [-0.15, -0.1) is 0 Å². The number of nitrogens with one attached hydrogen (secondary N) is 2. The minimum Gasteiger partial charge on any atom is -0.353 e. The van der Waals surface area contributed by atoms with Gasteiger partial charge in [0, 0.05) is 75.5 Å². The molecule has 9 nitrogen and oxygen atoms in total. The van der Waals surface area contributed by atoms with Crippen LogP contribution in [0.2, 0.25) is 0 Å². The number of likely N-dealkylation sites (N-methyl/N-ethyl adjacent to an activating group) is 2. The lowest BCUT2D eigenvalue weighted by atomic mass is 10.1. The number of H-pyrrole nitrogens is 1. The lowest BCUT2D eigenvalue weighted by molar-refractivity contribution is 0.102. The average molecular weight is 589 g/mol. The summed E-state index contributed by atoms with van der Waals surface area (Å²) in [6.45, 7) is 9.40. The third-order valence-electron chi connectivity index (χ3n) is 9.03. The van der Waals surface area contributed by atoms with Crippen LogP contribution in [0, 0.1) is 0 Å². The Bertz CT molecular complexity index is 1770. The van der Waals surface area contributed by atoms with Gasteiger partial charge in [0.15, 0.2) is 0 Å².